The van der Waals surface area contributed by atoms with E-state index < -0.39 is 0 Å². The van der Waals surface area contributed by atoms with Crippen molar-refractivity contribution in [1.29, 1.82) is 0 Å². The number of hydrogen-bond acceptors (Lipinski definition) is 9. The number of rotatable bonds is 12. The zero-order valence-electron chi connectivity index (χ0n) is 79.4. The highest BCUT2D eigenvalue weighted by Crippen LogP contribution is 2.46. The zero-order valence-corrected chi connectivity index (χ0v) is 79.4. The van der Waals surface area contributed by atoms with Crippen molar-refractivity contribution >= 4 is 162 Å². The van der Waals surface area contributed by atoms with E-state index in [4.69, 9.17) is 44.9 Å². The number of aromatic nitrogens is 12. The minimum absolute atomic E-state index is 0.641. The van der Waals surface area contributed by atoms with Gasteiger partial charge in [0.15, 0.2) is 52.4 Å². The van der Waals surface area contributed by atoms with E-state index >= 15 is 0 Å². The molecule has 6 heterocycles. The molecule has 0 saturated carbocycles. The van der Waals surface area contributed by atoms with Gasteiger partial charge >= 0.3 is 0 Å². The van der Waals surface area contributed by atoms with E-state index in [-0.39, 0.29) is 0 Å². The van der Waals surface area contributed by atoms with Crippen LogP contribution in [-0.4, -0.2) is 58.6 Å². The third-order valence-electron chi connectivity index (χ3n) is 28.8. The van der Waals surface area contributed by atoms with Crippen LogP contribution in [0.15, 0.2) is 510 Å². The largest absolute Gasteiger partial charge is 0.309 e. The maximum Gasteiger partial charge on any atom is 0.164 e. The predicted molar refractivity (Wildman–Crippen MR) is 609 cm³/mol. The second-order valence-corrected chi connectivity index (χ2v) is 37.4. The second-order valence-electron chi connectivity index (χ2n) is 37.4. The molecule has 0 aliphatic rings. The van der Waals surface area contributed by atoms with Gasteiger partial charge in [-0.3, -0.25) is 0 Å². The Morgan fingerprint density at radius 2 is 0.333 bits per heavy atom. The average molecular weight is 1870 g/mol. The van der Waals surface area contributed by atoms with Crippen molar-refractivity contribution in [2.24, 2.45) is 0 Å². The molecule has 6 aromatic heterocycles. The lowest BCUT2D eigenvalue weighted by atomic mass is 10.0. The fourth-order valence-electron chi connectivity index (χ4n) is 21.9. The van der Waals surface area contributed by atoms with Gasteiger partial charge in [-0.25, -0.2) is 44.9 Å². The van der Waals surface area contributed by atoms with E-state index in [2.05, 4.69) is 444 Å². The highest BCUT2D eigenvalue weighted by molar-refractivity contribution is 6.19. The molecule has 684 valence electrons. The first-order valence-corrected chi connectivity index (χ1v) is 49.6. The summed E-state index contributed by atoms with van der Waals surface area (Å²) >= 11 is 0. The maximum absolute atomic E-state index is 5.28. The molecule has 0 fully saturated rings. The number of hydrogen-bond donors (Lipinski definition) is 0. The molecule has 0 amide bonds. The molecule has 24 aromatic carbocycles. The van der Waals surface area contributed by atoms with Crippen LogP contribution in [0.25, 0.3) is 282 Å². The Balaban J connectivity index is 0.000000107. The smallest absolute Gasteiger partial charge is 0.164 e. The Kier molecular flexibility index (Phi) is 20.6. The van der Waals surface area contributed by atoms with Crippen LogP contribution in [0.3, 0.4) is 0 Å². The first-order chi connectivity index (χ1) is 72.9. The van der Waals surface area contributed by atoms with Crippen molar-refractivity contribution in [2.75, 3.05) is 0 Å². The lowest BCUT2D eigenvalue weighted by Crippen LogP contribution is -2.02. The fraction of sp³-hybridized carbons (Fsp3) is 0. The average Bonchev–Trinajstić information content (AvgIpc) is 1.59. The number of para-hydroxylation sites is 3. The van der Waals surface area contributed by atoms with Crippen molar-refractivity contribution in [3.8, 4) is 120 Å². The Hall–Kier alpha value is -20.0. The van der Waals surface area contributed by atoms with Crippen LogP contribution >= 0.6 is 0 Å². The molecule has 12 heteroatoms. The third-order valence-corrected chi connectivity index (χ3v) is 28.8. The number of fused-ring (bicyclic) bond motifs is 18. The van der Waals surface area contributed by atoms with Crippen LogP contribution in [0.2, 0.25) is 0 Å². The summed E-state index contributed by atoms with van der Waals surface area (Å²) in [5.41, 5.74) is 19.1. The standard InChI is InChI=1S/C49H30N4.C45H28N4.C41H26N4/c1-2-16-34-30-46-43(29-33(34)15-1)39-23-9-10-26-44(39)53(46)45-28-27-42(37-21-7-8-22-38(37)45)49-51-47(40-24-11-17-31-13-3-5-19-35(31)40)50-48(52-49)41-25-12-18-32-14-4-6-20-36(32)41;1-2-13-30(14-3-1)43-46-44(34-23-22-29-12-4-5-15-31(29)26-34)48-45(47-43)38-24-25-41(36-19-9-8-18-35(36)38)49-40-21-11-10-20-37(40)39-27-32-16-6-7-17-33(32)28-42(39)49;1-3-13-27(14-4-1)39-42-40(28-15-5-2-6-16-28)44-41(43-39)34-23-24-37(32-20-10-9-19-31(32)34)45-36-22-12-11-21-33(36)35-25-29-17-7-8-18-30(29)26-38(35)45/h1-30H;1-28H;1-26H. The first-order valence-electron chi connectivity index (χ1n) is 49.6. The van der Waals surface area contributed by atoms with Gasteiger partial charge in [-0.05, 0) is 178 Å². The van der Waals surface area contributed by atoms with Gasteiger partial charge in [-0.1, -0.05) is 413 Å². The second kappa shape index (κ2) is 35.7. The molecule has 0 radical (unpaired) electrons. The van der Waals surface area contributed by atoms with Crippen LogP contribution in [0.1, 0.15) is 0 Å². The van der Waals surface area contributed by atoms with Gasteiger partial charge in [-0.2, -0.15) is 0 Å². The third kappa shape index (κ3) is 15.0. The van der Waals surface area contributed by atoms with Gasteiger partial charge in [0.2, 0.25) is 0 Å². The van der Waals surface area contributed by atoms with Gasteiger partial charge in [0, 0.05) is 98.5 Å². The molecule has 0 bridgehead atoms. The van der Waals surface area contributed by atoms with E-state index in [1.54, 1.807) is 0 Å². The normalized spacial score (nSPS) is 11.7. The SMILES string of the molecule is c1ccc(-c2nc(-c3ccc4ccccc4c3)nc(-c3ccc(-n4c5ccccc5c5cc6ccccc6cc54)c4ccccc34)n2)cc1.c1ccc(-c2nc(-c3ccccc3)nc(-c3ccc(-n4c5ccccc5c5cc6ccccc6cc54)c4ccccc34)n2)cc1.c1ccc2cc3c(cc2c1)c1ccccc1n3-c1ccc(-c2nc(-c3cccc4ccccc34)nc(-c3cccc4ccccc34)n2)c2ccccc12. The van der Waals surface area contributed by atoms with Crippen molar-refractivity contribution < 1.29 is 0 Å². The highest BCUT2D eigenvalue weighted by Gasteiger charge is 2.27. The minimum atomic E-state index is 0.641. The molecular weight excluding hydrogens is 1790 g/mol. The maximum atomic E-state index is 5.28. The summed E-state index contributed by atoms with van der Waals surface area (Å²) in [6.45, 7) is 0. The lowest BCUT2D eigenvalue weighted by Gasteiger charge is -2.16. The van der Waals surface area contributed by atoms with Crippen LogP contribution in [0.5, 0.6) is 0 Å². The van der Waals surface area contributed by atoms with Crippen molar-refractivity contribution in [1.82, 2.24) is 58.6 Å². The molecular formula is C135H84N12. The van der Waals surface area contributed by atoms with Crippen molar-refractivity contribution in [2.45, 2.75) is 0 Å². The Morgan fingerprint density at radius 3 is 0.660 bits per heavy atom. The number of benzene rings is 24. The first kappa shape index (κ1) is 85.1. The topological polar surface area (TPSA) is 131 Å². The summed E-state index contributed by atoms with van der Waals surface area (Å²) < 4.78 is 7.23. The van der Waals surface area contributed by atoms with E-state index in [0.717, 1.165) is 126 Å². The zero-order chi connectivity index (χ0) is 96.9. The van der Waals surface area contributed by atoms with Crippen LogP contribution in [0, 0.1) is 0 Å². The Bertz CT molecular complexity index is 10400. The lowest BCUT2D eigenvalue weighted by molar-refractivity contribution is 1.08. The van der Waals surface area contributed by atoms with Crippen molar-refractivity contribution in [3.05, 3.63) is 510 Å². The Morgan fingerprint density at radius 1 is 0.109 bits per heavy atom. The molecule has 0 aliphatic heterocycles. The Labute approximate surface area is 844 Å². The van der Waals surface area contributed by atoms with Crippen molar-refractivity contribution in [3.63, 3.8) is 0 Å². The van der Waals surface area contributed by atoms with E-state index in [1.165, 1.54) is 103 Å². The molecule has 0 saturated heterocycles. The molecule has 30 aromatic rings. The van der Waals surface area contributed by atoms with E-state index in [1.807, 2.05) is 78.9 Å². The fourth-order valence-corrected chi connectivity index (χ4v) is 21.9. The molecule has 12 nitrogen and oxygen atoms in total. The molecule has 0 spiro atoms. The predicted octanol–water partition coefficient (Wildman–Crippen LogP) is 34.3. The van der Waals surface area contributed by atoms with Gasteiger partial charge in [0.1, 0.15) is 0 Å². The monoisotopic (exact) mass is 1870 g/mol. The summed E-state index contributed by atoms with van der Waals surface area (Å²) in [6, 6.07) is 179. The van der Waals surface area contributed by atoms with Gasteiger partial charge < -0.3 is 13.7 Å². The quantitative estimate of drug-likeness (QED) is 0.117. The summed E-state index contributed by atoms with van der Waals surface area (Å²) in [5, 5.41) is 28.3. The summed E-state index contributed by atoms with van der Waals surface area (Å²) in [4.78, 5) is 46.0. The summed E-state index contributed by atoms with van der Waals surface area (Å²) in [5.74, 6) is 5.85. The van der Waals surface area contributed by atoms with Crippen LogP contribution < -0.4 is 0 Å². The van der Waals surface area contributed by atoms with E-state index in [9.17, 15) is 0 Å². The highest BCUT2D eigenvalue weighted by atomic mass is 15.1. The molecule has 147 heavy (non-hydrogen) atoms. The molecule has 0 atom stereocenters. The minimum Gasteiger partial charge on any atom is -0.309 e. The van der Waals surface area contributed by atoms with E-state index in [0.29, 0.717) is 52.4 Å². The van der Waals surface area contributed by atoms with Gasteiger partial charge in [0.25, 0.3) is 0 Å². The molecule has 30 rings (SSSR count). The van der Waals surface area contributed by atoms with Crippen LogP contribution in [-0.2, 0) is 0 Å². The summed E-state index contributed by atoms with van der Waals surface area (Å²) in [6.07, 6.45) is 0. The molecule has 0 aliphatic carbocycles. The van der Waals surface area contributed by atoms with Gasteiger partial charge in [0.05, 0.1) is 50.2 Å². The molecule has 0 unspecified atom stereocenters. The molecule has 0 N–H and O–H groups in total. The summed E-state index contributed by atoms with van der Waals surface area (Å²) in [7, 11) is 0. The van der Waals surface area contributed by atoms with Crippen LogP contribution in [0.4, 0.5) is 0 Å². The van der Waals surface area contributed by atoms with Gasteiger partial charge in [-0.15, -0.1) is 0 Å². The number of nitrogens with zero attached hydrogens (tertiary/aromatic N) is 12.